The molecule has 1 unspecified atom stereocenters. The first kappa shape index (κ1) is 21.6. The summed E-state index contributed by atoms with van der Waals surface area (Å²) in [4.78, 5) is 29.7. The van der Waals surface area contributed by atoms with Crippen LogP contribution in [-0.2, 0) is 16.1 Å². The summed E-state index contributed by atoms with van der Waals surface area (Å²) < 4.78 is 31.7. The van der Waals surface area contributed by atoms with Crippen LogP contribution in [0.15, 0.2) is 5.38 Å². The van der Waals surface area contributed by atoms with Crippen LogP contribution in [0, 0.1) is 18.3 Å². The van der Waals surface area contributed by atoms with Gasteiger partial charge >= 0.3 is 12.1 Å². The highest BCUT2D eigenvalue weighted by molar-refractivity contribution is 7.09. The van der Waals surface area contributed by atoms with E-state index >= 15 is 0 Å². The quantitative estimate of drug-likeness (QED) is 0.834. The summed E-state index contributed by atoms with van der Waals surface area (Å²) in [5, 5.41) is 10.4. The molecule has 6 nitrogen and oxygen atoms in total. The number of halogens is 3. The second-order valence-electron chi connectivity index (χ2n) is 7.29. The van der Waals surface area contributed by atoms with Crippen molar-refractivity contribution >= 4 is 23.2 Å². The average molecular weight is 407 g/mol. The summed E-state index contributed by atoms with van der Waals surface area (Å²) in [5.41, 5.74) is 1.52. The number of piperidine rings is 1. The standard InChI is InChI=1S/C15H23N3OS.C2HF3O2/c1-11-16-12(10-20-11)9-18-6-4-15(5-7-18)8-13(15)14(19)17(2)3;3-2(4,5)1(6)7/h10,13H,4-9H2,1-3H3;(H,6,7). The van der Waals surface area contributed by atoms with Gasteiger partial charge in [-0.2, -0.15) is 13.2 Å². The predicted octanol–water partition coefficient (Wildman–Crippen LogP) is 2.78. The number of amides is 1. The molecule has 3 rings (SSSR count). The molecule has 2 fully saturated rings. The Balaban J connectivity index is 0.000000321. The van der Waals surface area contributed by atoms with E-state index in [0.29, 0.717) is 17.2 Å². The molecule has 1 saturated heterocycles. The third kappa shape index (κ3) is 5.65. The lowest BCUT2D eigenvalue weighted by molar-refractivity contribution is -0.192. The number of aliphatic carboxylic acids is 1. The molecule has 2 heterocycles. The molecule has 1 aromatic heterocycles. The van der Waals surface area contributed by atoms with E-state index < -0.39 is 12.1 Å². The fraction of sp³-hybridized carbons (Fsp3) is 0.706. The van der Waals surface area contributed by atoms with Crippen LogP contribution in [-0.4, -0.2) is 65.1 Å². The van der Waals surface area contributed by atoms with Crippen LogP contribution in [0.2, 0.25) is 0 Å². The van der Waals surface area contributed by atoms with Crippen molar-refractivity contribution in [2.24, 2.45) is 11.3 Å². The topological polar surface area (TPSA) is 73.7 Å². The van der Waals surface area contributed by atoms with Gasteiger partial charge in [0.15, 0.2) is 0 Å². The number of carboxylic acids is 1. The molecule has 152 valence electrons. The van der Waals surface area contributed by atoms with Crippen molar-refractivity contribution in [3.63, 3.8) is 0 Å². The van der Waals surface area contributed by atoms with Crippen molar-refractivity contribution in [2.75, 3.05) is 27.2 Å². The molecule has 1 aliphatic heterocycles. The first-order chi connectivity index (χ1) is 12.4. The summed E-state index contributed by atoms with van der Waals surface area (Å²) in [6.07, 6.45) is -1.64. The Labute approximate surface area is 160 Å². The molecule has 1 atom stereocenters. The van der Waals surface area contributed by atoms with Gasteiger partial charge in [-0.15, -0.1) is 11.3 Å². The van der Waals surface area contributed by atoms with Crippen molar-refractivity contribution in [1.82, 2.24) is 14.8 Å². The van der Waals surface area contributed by atoms with Crippen molar-refractivity contribution in [3.05, 3.63) is 16.1 Å². The van der Waals surface area contributed by atoms with Crippen molar-refractivity contribution < 1.29 is 27.9 Å². The van der Waals surface area contributed by atoms with Crippen LogP contribution < -0.4 is 0 Å². The van der Waals surface area contributed by atoms with E-state index in [1.165, 1.54) is 18.5 Å². The number of likely N-dealkylation sites (tertiary alicyclic amines) is 1. The van der Waals surface area contributed by atoms with E-state index in [4.69, 9.17) is 9.90 Å². The van der Waals surface area contributed by atoms with Gasteiger partial charge in [0.05, 0.1) is 10.7 Å². The number of carbonyl (C=O) groups excluding carboxylic acids is 1. The average Bonchev–Trinajstić information content (AvgIpc) is 3.11. The lowest BCUT2D eigenvalue weighted by atomic mass is 9.90. The van der Waals surface area contributed by atoms with Gasteiger partial charge in [0.25, 0.3) is 0 Å². The Bertz CT molecular complexity index is 682. The van der Waals surface area contributed by atoms with Crippen molar-refractivity contribution in [3.8, 4) is 0 Å². The Kier molecular flexibility index (Phi) is 6.51. The summed E-state index contributed by atoms with van der Waals surface area (Å²) >= 11 is 1.72. The summed E-state index contributed by atoms with van der Waals surface area (Å²) in [6, 6.07) is 0. The molecular weight excluding hydrogens is 383 g/mol. The first-order valence-electron chi connectivity index (χ1n) is 8.59. The molecule has 2 aliphatic rings. The zero-order valence-corrected chi connectivity index (χ0v) is 16.4. The van der Waals surface area contributed by atoms with Crippen LogP contribution in [0.3, 0.4) is 0 Å². The smallest absolute Gasteiger partial charge is 0.475 e. The molecule has 1 amide bonds. The summed E-state index contributed by atoms with van der Waals surface area (Å²) in [5.74, 6) is -2.14. The first-order valence-corrected chi connectivity index (χ1v) is 9.47. The fourth-order valence-corrected chi connectivity index (χ4v) is 4.03. The van der Waals surface area contributed by atoms with E-state index in [1.54, 1.807) is 16.2 Å². The van der Waals surface area contributed by atoms with Gasteiger partial charge in [-0.25, -0.2) is 9.78 Å². The van der Waals surface area contributed by atoms with Crippen LogP contribution in [0.4, 0.5) is 13.2 Å². The normalized spacial score (nSPS) is 21.3. The molecule has 1 aromatic rings. The van der Waals surface area contributed by atoms with Gasteiger partial charge < -0.3 is 10.0 Å². The number of aromatic nitrogens is 1. The predicted molar refractivity (Wildman–Crippen MR) is 94.3 cm³/mol. The van der Waals surface area contributed by atoms with Crippen LogP contribution >= 0.6 is 11.3 Å². The number of carbonyl (C=O) groups is 2. The monoisotopic (exact) mass is 407 g/mol. The molecule has 0 radical (unpaired) electrons. The highest BCUT2D eigenvalue weighted by Gasteiger charge is 2.58. The molecule has 0 aromatic carbocycles. The third-order valence-corrected chi connectivity index (χ3v) is 5.90. The fourth-order valence-electron chi connectivity index (χ4n) is 3.43. The number of nitrogens with zero attached hydrogens (tertiary/aromatic N) is 3. The second kappa shape index (κ2) is 8.14. The Morgan fingerprint density at radius 1 is 1.37 bits per heavy atom. The van der Waals surface area contributed by atoms with E-state index in [1.807, 2.05) is 14.1 Å². The zero-order chi connectivity index (χ0) is 20.4. The van der Waals surface area contributed by atoms with Crippen LogP contribution in [0.5, 0.6) is 0 Å². The van der Waals surface area contributed by atoms with Gasteiger partial charge in [0, 0.05) is 31.9 Å². The number of carboxylic acid groups (broad SMARTS) is 1. The van der Waals surface area contributed by atoms with Crippen LogP contribution in [0.1, 0.15) is 30.0 Å². The minimum atomic E-state index is -5.08. The van der Waals surface area contributed by atoms with Gasteiger partial charge in [-0.1, -0.05) is 0 Å². The van der Waals surface area contributed by atoms with Gasteiger partial charge in [0.1, 0.15) is 0 Å². The van der Waals surface area contributed by atoms with E-state index in [2.05, 4.69) is 22.2 Å². The maximum Gasteiger partial charge on any atom is 0.490 e. The summed E-state index contributed by atoms with van der Waals surface area (Å²) in [6.45, 7) is 5.23. The minimum Gasteiger partial charge on any atom is -0.475 e. The number of hydrogen-bond acceptors (Lipinski definition) is 5. The number of hydrogen-bond donors (Lipinski definition) is 1. The van der Waals surface area contributed by atoms with Crippen molar-refractivity contribution in [1.29, 1.82) is 0 Å². The van der Waals surface area contributed by atoms with E-state index in [0.717, 1.165) is 31.1 Å². The summed E-state index contributed by atoms with van der Waals surface area (Å²) in [7, 11) is 3.74. The molecule has 1 N–H and O–H groups in total. The molecule has 27 heavy (non-hydrogen) atoms. The maximum absolute atomic E-state index is 12.1. The molecule has 1 aliphatic carbocycles. The molecule has 1 saturated carbocycles. The number of aryl methyl sites for hydroxylation is 1. The lowest BCUT2D eigenvalue weighted by Crippen LogP contribution is -2.36. The van der Waals surface area contributed by atoms with E-state index in [-0.39, 0.29) is 0 Å². The Morgan fingerprint density at radius 3 is 2.33 bits per heavy atom. The van der Waals surface area contributed by atoms with Gasteiger partial charge in [-0.3, -0.25) is 9.69 Å². The SMILES string of the molecule is Cc1nc(CN2CCC3(CC2)CC3C(=O)N(C)C)cs1.O=C(O)C(F)(F)F. The molecule has 0 bridgehead atoms. The minimum absolute atomic E-state index is 0.293. The lowest BCUT2D eigenvalue weighted by Gasteiger charge is -2.32. The maximum atomic E-state index is 12.1. The Morgan fingerprint density at radius 2 is 1.93 bits per heavy atom. The van der Waals surface area contributed by atoms with Gasteiger partial charge in [-0.05, 0) is 44.7 Å². The third-order valence-electron chi connectivity index (χ3n) is 5.08. The largest absolute Gasteiger partial charge is 0.490 e. The highest BCUT2D eigenvalue weighted by Crippen LogP contribution is 2.59. The molecule has 1 spiro atoms. The highest BCUT2D eigenvalue weighted by atomic mass is 32.1. The van der Waals surface area contributed by atoms with Crippen molar-refractivity contribution in [2.45, 2.75) is 38.9 Å². The van der Waals surface area contributed by atoms with Crippen LogP contribution in [0.25, 0.3) is 0 Å². The second-order valence-corrected chi connectivity index (χ2v) is 8.35. The molecule has 10 heteroatoms. The molecular formula is C17H24F3N3O3S. The Hall–Kier alpha value is -1.68. The number of rotatable bonds is 3. The van der Waals surface area contributed by atoms with Gasteiger partial charge in [0.2, 0.25) is 5.91 Å². The zero-order valence-electron chi connectivity index (χ0n) is 15.5. The van der Waals surface area contributed by atoms with E-state index in [9.17, 15) is 18.0 Å². The number of thiazole rings is 1. The number of alkyl halides is 3.